The van der Waals surface area contributed by atoms with E-state index in [1.807, 2.05) is 0 Å². The number of sulfonamides is 1. The van der Waals surface area contributed by atoms with Crippen LogP contribution in [0.15, 0.2) is 48.5 Å². The summed E-state index contributed by atoms with van der Waals surface area (Å²) in [7, 11) is -3.71. The number of nitrogens with zero attached hydrogens (tertiary/aromatic N) is 2. The highest BCUT2D eigenvalue weighted by Gasteiger charge is 2.34. The number of amides is 1. The molecule has 0 fully saturated rings. The maximum absolute atomic E-state index is 12.7. The number of fused-ring (bicyclic) bond motifs is 1. The lowest BCUT2D eigenvalue weighted by atomic mass is 10.0. The average Bonchev–Trinajstić information content (AvgIpc) is 2.56. The van der Waals surface area contributed by atoms with Crippen molar-refractivity contribution in [3.05, 3.63) is 69.8 Å². The molecule has 1 atom stereocenters. The average molecular weight is 362 g/mol. The Balaban J connectivity index is 2.05. The molecule has 2 aromatic rings. The molecule has 0 saturated carbocycles. The summed E-state index contributed by atoms with van der Waals surface area (Å²) >= 11 is 0. The monoisotopic (exact) mass is 362 g/mol. The Kier molecular flexibility index (Phi) is 4.15. The number of nitro groups is 1. The van der Waals surface area contributed by atoms with Gasteiger partial charge in [0.05, 0.1) is 16.7 Å². The number of hydrazine groups is 1. The van der Waals surface area contributed by atoms with Gasteiger partial charge in [0.15, 0.2) is 0 Å². The SMILES string of the molecule is CS(=O)(=O)NN1C(=O)c2ccccc2N[C@H]1c1ccc([N+](=O)[O-])cc1. The van der Waals surface area contributed by atoms with E-state index in [4.69, 9.17) is 0 Å². The first-order chi connectivity index (χ1) is 11.8. The van der Waals surface area contributed by atoms with Crippen LogP contribution in [0.3, 0.4) is 0 Å². The lowest BCUT2D eigenvalue weighted by Gasteiger charge is -2.37. The van der Waals surface area contributed by atoms with Gasteiger partial charge in [-0.05, 0) is 29.8 Å². The second-order valence-corrected chi connectivity index (χ2v) is 7.21. The van der Waals surface area contributed by atoms with Crippen molar-refractivity contribution in [2.75, 3.05) is 11.6 Å². The second kappa shape index (κ2) is 6.15. The van der Waals surface area contributed by atoms with Crippen LogP contribution < -0.4 is 10.1 Å². The van der Waals surface area contributed by atoms with Gasteiger partial charge in [0.2, 0.25) is 10.0 Å². The molecule has 10 heteroatoms. The van der Waals surface area contributed by atoms with Crippen molar-refractivity contribution in [3.8, 4) is 0 Å². The van der Waals surface area contributed by atoms with Gasteiger partial charge in [-0.3, -0.25) is 14.9 Å². The van der Waals surface area contributed by atoms with Crippen LogP contribution in [0.25, 0.3) is 0 Å². The number of para-hydroxylation sites is 1. The van der Waals surface area contributed by atoms with E-state index >= 15 is 0 Å². The Bertz CT molecular complexity index is 943. The van der Waals surface area contributed by atoms with E-state index in [9.17, 15) is 23.3 Å². The van der Waals surface area contributed by atoms with Crippen LogP contribution in [0, 0.1) is 10.1 Å². The molecule has 0 bridgehead atoms. The molecule has 130 valence electrons. The summed E-state index contributed by atoms with van der Waals surface area (Å²) in [6, 6.07) is 12.2. The Labute approximate surface area is 143 Å². The molecule has 3 rings (SSSR count). The van der Waals surface area contributed by atoms with Crippen molar-refractivity contribution in [1.29, 1.82) is 0 Å². The summed E-state index contributed by atoms with van der Waals surface area (Å²) in [6.07, 6.45) is 0.0890. The maximum atomic E-state index is 12.7. The largest absolute Gasteiger partial charge is 0.360 e. The van der Waals surface area contributed by atoms with E-state index in [1.165, 1.54) is 24.3 Å². The molecule has 0 aromatic heterocycles. The van der Waals surface area contributed by atoms with E-state index in [2.05, 4.69) is 10.1 Å². The van der Waals surface area contributed by atoms with Crippen LogP contribution in [-0.2, 0) is 10.0 Å². The highest BCUT2D eigenvalue weighted by molar-refractivity contribution is 7.88. The van der Waals surface area contributed by atoms with Gasteiger partial charge in [-0.1, -0.05) is 12.1 Å². The number of hydrogen-bond acceptors (Lipinski definition) is 6. The fourth-order valence-electron chi connectivity index (χ4n) is 2.54. The van der Waals surface area contributed by atoms with Crippen LogP contribution in [0.2, 0.25) is 0 Å². The highest BCUT2D eigenvalue weighted by Crippen LogP contribution is 2.32. The van der Waals surface area contributed by atoms with Gasteiger partial charge in [-0.25, -0.2) is 13.4 Å². The number of anilines is 1. The first kappa shape index (κ1) is 16.9. The lowest BCUT2D eigenvalue weighted by molar-refractivity contribution is -0.384. The predicted molar refractivity (Wildman–Crippen MR) is 90.1 cm³/mol. The third-order valence-corrected chi connectivity index (χ3v) is 4.14. The topological polar surface area (TPSA) is 122 Å². The van der Waals surface area contributed by atoms with E-state index in [0.717, 1.165) is 11.3 Å². The van der Waals surface area contributed by atoms with E-state index in [0.29, 0.717) is 16.8 Å². The molecule has 1 amide bonds. The van der Waals surface area contributed by atoms with Gasteiger partial charge in [0, 0.05) is 17.8 Å². The molecular weight excluding hydrogens is 348 g/mol. The zero-order chi connectivity index (χ0) is 18.2. The number of nitro benzene ring substituents is 1. The van der Waals surface area contributed by atoms with Gasteiger partial charge < -0.3 is 5.32 Å². The summed E-state index contributed by atoms with van der Waals surface area (Å²) in [5.41, 5.74) is 1.25. The van der Waals surface area contributed by atoms with E-state index in [1.54, 1.807) is 24.3 Å². The maximum Gasteiger partial charge on any atom is 0.273 e. The zero-order valence-corrected chi connectivity index (χ0v) is 13.9. The van der Waals surface area contributed by atoms with E-state index < -0.39 is 27.0 Å². The van der Waals surface area contributed by atoms with Crippen molar-refractivity contribution >= 4 is 27.3 Å². The lowest BCUT2D eigenvalue weighted by Crippen LogP contribution is -2.52. The quantitative estimate of drug-likeness (QED) is 0.630. The summed E-state index contributed by atoms with van der Waals surface area (Å²) in [5, 5.41) is 14.8. The van der Waals surface area contributed by atoms with Gasteiger partial charge in [0.1, 0.15) is 6.17 Å². The van der Waals surface area contributed by atoms with Crippen LogP contribution in [0.1, 0.15) is 22.1 Å². The number of nitrogens with one attached hydrogen (secondary N) is 2. The molecule has 0 radical (unpaired) electrons. The third kappa shape index (κ3) is 3.44. The fourth-order valence-corrected chi connectivity index (χ4v) is 3.08. The van der Waals surface area contributed by atoms with Crippen molar-refractivity contribution in [3.63, 3.8) is 0 Å². The van der Waals surface area contributed by atoms with Gasteiger partial charge in [-0.15, -0.1) is 4.83 Å². The molecule has 0 unspecified atom stereocenters. The Hall–Kier alpha value is -2.98. The first-order valence-electron chi connectivity index (χ1n) is 7.17. The van der Waals surface area contributed by atoms with E-state index in [-0.39, 0.29) is 5.69 Å². The molecule has 2 N–H and O–H groups in total. The molecule has 2 aromatic carbocycles. The number of benzene rings is 2. The fraction of sp³-hybridized carbons (Fsp3) is 0.133. The van der Waals surface area contributed by atoms with Gasteiger partial charge in [0.25, 0.3) is 11.6 Å². The van der Waals surface area contributed by atoms with Gasteiger partial charge in [-0.2, -0.15) is 0 Å². The Morgan fingerprint density at radius 1 is 1.16 bits per heavy atom. The van der Waals surface area contributed by atoms with Gasteiger partial charge >= 0.3 is 0 Å². The molecule has 25 heavy (non-hydrogen) atoms. The standard InChI is InChI=1S/C15H14N4O5S/c1-25(23,24)17-18-14(10-6-8-11(9-7-10)19(21)22)16-13-5-3-2-4-12(13)15(18)20/h2-9,14,16-17H,1H3/t14-/m1/s1. The minimum absolute atomic E-state index is 0.103. The minimum atomic E-state index is -3.71. The molecule has 9 nitrogen and oxygen atoms in total. The third-order valence-electron chi connectivity index (χ3n) is 3.61. The number of hydrogen-bond donors (Lipinski definition) is 2. The highest BCUT2D eigenvalue weighted by atomic mass is 32.2. The van der Waals surface area contributed by atoms with Crippen molar-refractivity contribution in [2.45, 2.75) is 6.17 Å². The summed E-state index contributed by atoms with van der Waals surface area (Å²) < 4.78 is 23.3. The van der Waals surface area contributed by atoms with Crippen LogP contribution in [-0.4, -0.2) is 30.5 Å². The second-order valence-electron chi connectivity index (χ2n) is 5.48. The molecule has 0 spiro atoms. The number of carbonyl (C=O) groups is 1. The molecule has 0 aliphatic carbocycles. The smallest absolute Gasteiger partial charge is 0.273 e. The Morgan fingerprint density at radius 2 is 1.80 bits per heavy atom. The number of non-ortho nitro benzene ring substituents is 1. The minimum Gasteiger partial charge on any atom is -0.360 e. The first-order valence-corrected chi connectivity index (χ1v) is 9.06. The summed E-state index contributed by atoms with van der Waals surface area (Å²) in [6.45, 7) is 0. The molecule has 1 aliphatic heterocycles. The molecule has 1 heterocycles. The van der Waals surface area contributed by atoms with Crippen LogP contribution >= 0.6 is 0 Å². The summed E-state index contributed by atoms with van der Waals surface area (Å²) in [4.78, 5) is 25.2. The zero-order valence-electron chi connectivity index (χ0n) is 13.0. The van der Waals surface area contributed by atoms with Crippen LogP contribution in [0.4, 0.5) is 11.4 Å². The van der Waals surface area contributed by atoms with Crippen molar-refractivity contribution in [2.24, 2.45) is 0 Å². The van der Waals surface area contributed by atoms with Crippen molar-refractivity contribution in [1.82, 2.24) is 9.84 Å². The summed E-state index contributed by atoms with van der Waals surface area (Å²) in [5.74, 6) is -0.525. The molecular formula is C15H14N4O5S. The normalized spacial score (nSPS) is 16.9. The predicted octanol–water partition coefficient (Wildman–Crippen LogP) is 1.63. The Morgan fingerprint density at radius 3 is 2.40 bits per heavy atom. The van der Waals surface area contributed by atoms with Crippen LogP contribution in [0.5, 0.6) is 0 Å². The van der Waals surface area contributed by atoms with Crippen molar-refractivity contribution < 1.29 is 18.1 Å². The number of rotatable bonds is 4. The molecule has 0 saturated heterocycles. The number of carbonyl (C=O) groups excluding carboxylic acids is 1. The molecule has 1 aliphatic rings.